The van der Waals surface area contributed by atoms with E-state index in [1.807, 2.05) is 38.2 Å². The monoisotopic (exact) mass is 403 g/mol. The summed E-state index contributed by atoms with van der Waals surface area (Å²) in [4.78, 5) is 27.1. The third kappa shape index (κ3) is 3.51. The lowest BCUT2D eigenvalue weighted by Gasteiger charge is -2.30. The van der Waals surface area contributed by atoms with Gasteiger partial charge in [-0.1, -0.05) is 6.07 Å². The van der Waals surface area contributed by atoms with E-state index < -0.39 is 0 Å². The molecule has 1 unspecified atom stereocenters. The second-order valence-corrected chi connectivity index (χ2v) is 8.09. The van der Waals surface area contributed by atoms with Crippen molar-refractivity contribution in [1.29, 1.82) is 0 Å². The van der Waals surface area contributed by atoms with Gasteiger partial charge in [0.05, 0.1) is 6.04 Å². The van der Waals surface area contributed by atoms with Crippen molar-refractivity contribution in [3.63, 3.8) is 0 Å². The molecule has 1 fully saturated rings. The minimum Gasteiger partial charge on any atom is -0.422 e. The molecule has 0 spiro atoms. The van der Waals surface area contributed by atoms with Gasteiger partial charge in [0.2, 0.25) is 11.6 Å². The van der Waals surface area contributed by atoms with E-state index in [0.717, 1.165) is 48.1 Å². The molecule has 4 heterocycles. The summed E-state index contributed by atoms with van der Waals surface area (Å²) in [5, 5.41) is 4.35. The lowest BCUT2D eigenvalue weighted by Crippen LogP contribution is -2.41. The molecule has 2 N–H and O–H groups in total. The van der Waals surface area contributed by atoms with Gasteiger partial charge in [0.25, 0.3) is 6.01 Å². The second kappa shape index (κ2) is 7.48. The zero-order valence-corrected chi connectivity index (χ0v) is 17.2. The number of amides is 1. The number of hydrogen-bond acceptors (Lipinski definition) is 5. The largest absolute Gasteiger partial charge is 0.422 e. The summed E-state index contributed by atoms with van der Waals surface area (Å²) in [6.07, 6.45) is 3.49. The Balaban J connectivity index is 1.20. The van der Waals surface area contributed by atoms with E-state index in [-0.39, 0.29) is 17.9 Å². The number of carbonyl (C=O) groups is 1. The zero-order valence-electron chi connectivity index (χ0n) is 17.2. The van der Waals surface area contributed by atoms with Crippen molar-refractivity contribution in [2.75, 3.05) is 18.0 Å². The summed E-state index contributed by atoms with van der Waals surface area (Å²) in [5.41, 5.74) is 4.47. The number of H-pyrrole nitrogens is 1. The van der Waals surface area contributed by atoms with Crippen LogP contribution in [-0.2, 0) is 4.79 Å². The Morgan fingerprint density at radius 1 is 1.20 bits per heavy atom. The van der Waals surface area contributed by atoms with Gasteiger partial charge in [-0.05, 0) is 68.0 Å². The zero-order chi connectivity index (χ0) is 20.7. The number of piperidine rings is 1. The van der Waals surface area contributed by atoms with Crippen molar-refractivity contribution in [2.45, 2.75) is 32.7 Å². The molecule has 5 rings (SSSR count). The number of benzene rings is 1. The molecule has 30 heavy (non-hydrogen) atoms. The maximum absolute atomic E-state index is 12.8. The van der Waals surface area contributed by atoms with E-state index in [4.69, 9.17) is 4.42 Å². The lowest BCUT2D eigenvalue weighted by atomic mass is 9.95. The first kappa shape index (κ1) is 18.7. The molecule has 1 amide bonds. The number of nitrogens with one attached hydrogen (secondary N) is 2. The summed E-state index contributed by atoms with van der Waals surface area (Å²) in [6, 6.07) is 12.7. The summed E-state index contributed by atoms with van der Waals surface area (Å²) in [5.74, 6) is 0.121. The number of aryl methyl sites for hydroxylation is 1. The lowest BCUT2D eigenvalue weighted by molar-refractivity contribution is -0.126. The fourth-order valence-electron chi connectivity index (χ4n) is 4.13. The average molecular weight is 403 g/mol. The van der Waals surface area contributed by atoms with Crippen LogP contribution in [-0.4, -0.2) is 33.9 Å². The molecule has 7 nitrogen and oxygen atoms in total. The number of carbonyl (C=O) groups excluding carboxylic acids is 1. The van der Waals surface area contributed by atoms with Gasteiger partial charge in [0.1, 0.15) is 0 Å². The van der Waals surface area contributed by atoms with Crippen LogP contribution in [0.4, 0.5) is 6.01 Å². The number of hydrogen-bond donors (Lipinski definition) is 2. The van der Waals surface area contributed by atoms with Crippen molar-refractivity contribution in [2.24, 2.45) is 5.92 Å². The summed E-state index contributed by atoms with van der Waals surface area (Å²) < 4.78 is 5.86. The quantitative estimate of drug-likeness (QED) is 0.536. The van der Waals surface area contributed by atoms with Gasteiger partial charge in [0, 0.05) is 36.4 Å². The third-order valence-electron chi connectivity index (χ3n) is 5.95. The van der Waals surface area contributed by atoms with Crippen LogP contribution in [0.2, 0.25) is 0 Å². The molecule has 1 aromatic carbocycles. The van der Waals surface area contributed by atoms with Crippen LogP contribution < -0.4 is 10.2 Å². The van der Waals surface area contributed by atoms with E-state index in [0.29, 0.717) is 17.2 Å². The Labute approximate surface area is 174 Å². The highest BCUT2D eigenvalue weighted by Gasteiger charge is 2.28. The molecule has 0 radical (unpaired) electrons. The smallest absolute Gasteiger partial charge is 0.299 e. The SMILES string of the molecule is Cc1ccc2oc(N3CCC(C(=O)NC(C)c4ccc5[nH]ccc5c4)CC3)nc2n1. The van der Waals surface area contributed by atoms with Crippen LogP contribution in [0.5, 0.6) is 0 Å². The first-order valence-corrected chi connectivity index (χ1v) is 10.4. The van der Waals surface area contributed by atoms with Gasteiger partial charge >= 0.3 is 0 Å². The molecule has 1 aliphatic rings. The van der Waals surface area contributed by atoms with Gasteiger partial charge in [-0.25, -0.2) is 4.98 Å². The van der Waals surface area contributed by atoms with Crippen molar-refractivity contribution >= 4 is 34.1 Å². The number of nitrogens with zero attached hydrogens (tertiary/aromatic N) is 3. The molecule has 154 valence electrons. The van der Waals surface area contributed by atoms with E-state index >= 15 is 0 Å². The first-order chi connectivity index (χ1) is 14.6. The number of anilines is 1. The standard InChI is InChI=1S/C23H25N5O2/c1-14-3-6-20-21(25-14)27-23(30-20)28-11-8-16(9-12-28)22(29)26-15(2)17-4-5-19-18(13-17)7-10-24-19/h3-7,10,13,15-16,24H,8-9,11-12H2,1-2H3,(H,26,29). The van der Waals surface area contributed by atoms with Gasteiger partial charge in [-0.2, -0.15) is 4.98 Å². The van der Waals surface area contributed by atoms with Crippen molar-refractivity contribution in [1.82, 2.24) is 20.3 Å². The summed E-state index contributed by atoms with van der Waals surface area (Å²) >= 11 is 0. The molecular formula is C23H25N5O2. The number of aromatic amines is 1. The topological polar surface area (TPSA) is 87.0 Å². The highest BCUT2D eigenvalue weighted by molar-refractivity contribution is 5.81. The van der Waals surface area contributed by atoms with Crippen molar-refractivity contribution < 1.29 is 9.21 Å². The van der Waals surface area contributed by atoms with Crippen LogP contribution in [0.15, 0.2) is 47.0 Å². The normalized spacial score (nSPS) is 16.3. The van der Waals surface area contributed by atoms with E-state index in [2.05, 4.69) is 43.4 Å². The predicted octanol–water partition coefficient (Wildman–Crippen LogP) is 4.11. The number of rotatable bonds is 4. The third-order valence-corrected chi connectivity index (χ3v) is 5.95. The Hall–Kier alpha value is -3.35. The average Bonchev–Trinajstić information content (AvgIpc) is 3.39. The fourth-order valence-corrected chi connectivity index (χ4v) is 4.13. The molecule has 1 aliphatic heterocycles. The molecule has 3 aromatic heterocycles. The van der Waals surface area contributed by atoms with E-state index in [1.54, 1.807) is 0 Å². The van der Waals surface area contributed by atoms with Crippen LogP contribution in [0.1, 0.15) is 37.1 Å². The first-order valence-electron chi connectivity index (χ1n) is 10.4. The highest BCUT2D eigenvalue weighted by atomic mass is 16.4. The molecule has 0 saturated carbocycles. The van der Waals surface area contributed by atoms with E-state index in [1.165, 1.54) is 0 Å². The minimum atomic E-state index is -0.0267. The Morgan fingerprint density at radius 3 is 2.87 bits per heavy atom. The summed E-state index contributed by atoms with van der Waals surface area (Å²) in [6.45, 7) is 5.46. The Morgan fingerprint density at radius 2 is 2.03 bits per heavy atom. The fraction of sp³-hybridized carbons (Fsp3) is 0.348. The number of fused-ring (bicyclic) bond motifs is 2. The van der Waals surface area contributed by atoms with Crippen LogP contribution >= 0.6 is 0 Å². The van der Waals surface area contributed by atoms with Crippen molar-refractivity contribution in [3.8, 4) is 0 Å². The molecule has 1 saturated heterocycles. The van der Waals surface area contributed by atoms with Gasteiger partial charge in [0.15, 0.2) is 5.58 Å². The minimum absolute atomic E-state index is 0.00411. The molecule has 1 atom stereocenters. The number of oxazole rings is 1. The molecule has 0 bridgehead atoms. The van der Waals surface area contributed by atoms with Crippen LogP contribution in [0, 0.1) is 12.8 Å². The van der Waals surface area contributed by atoms with Crippen LogP contribution in [0.25, 0.3) is 22.1 Å². The summed E-state index contributed by atoms with van der Waals surface area (Å²) in [7, 11) is 0. The van der Waals surface area contributed by atoms with Gasteiger partial charge < -0.3 is 19.6 Å². The molecule has 7 heteroatoms. The second-order valence-electron chi connectivity index (χ2n) is 8.09. The predicted molar refractivity (Wildman–Crippen MR) is 116 cm³/mol. The highest BCUT2D eigenvalue weighted by Crippen LogP contribution is 2.27. The van der Waals surface area contributed by atoms with Crippen LogP contribution in [0.3, 0.4) is 0 Å². The number of aromatic nitrogens is 3. The Bertz CT molecular complexity index is 1200. The van der Waals surface area contributed by atoms with Crippen molar-refractivity contribution in [3.05, 3.63) is 53.9 Å². The molecule has 4 aromatic rings. The maximum Gasteiger partial charge on any atom is 0.299 e. The number of pyridine rings is 1. The molecular weight excluding hydrogens is 378 g/mol. The van der Waals surface area contributed by atoms with E-state index in [9.17, 15) is 4.79 Å². The Kier molecular flexibility index (Phi) is 4.65. The maximum atomic E-state index is 12.8. The van der Waals surface area contributed by atoms with Gasteiger partial charge in [-0.15, -0.1) is 0 Å². The van der Waals surface area contributed by atoms with Gasteiger partial charge in [-0.3, -0.25) is 4.79 Å². The molecule has 0 aliphatic carbocycles.